The Labute approximate surface area is 140 Å². The number of ketones is 1. The number of carbonyl (C=O) groups excluding carboxylic acids is 1. The Kier molecular flexibility index (Phi) is 5.06. The SMILES string of the molecule is O=C1CCSC[C@@H]1[C@H](Nc1ccccc1)c1ccc(Cl)cc1. The number of carbonyl (C=O) groups is 1. The molecular weight excluding hydrogens is 314 g/mol. The summed E-state index contributed by atoms with van der Waals surface area (Å²) in [4.78, 5) is 12.4. The molecule has 2 nitrogen and oxygen atoms in total. The summed E-state index contributed by atoms with van der Waals surface area (Å²) in [5.74, 6) is 2.15. The molecule has 2 aromatic carbocycles. The van der Waals surface area contributed by atoms with Crippen molar-refractivity contribution in [2.24, 2.45) is 5.92 Å². The molecule has 1 N–H and O–H groups in total. The monoisotopic (exact) mass is 331 g/mol. The van der Waals surface area contributed by atoms with Gasteiger partial charge < -0.3 is 5.32 Å². The summed E-state index contributed by atoms with van der Waals surface area (Å²) in [7, 11) is 0. The fourth-order valence-corrected chi connectivity index (χ4v) is 4.01. The summed E-state index contributed by atoms with van der Waals surface area (Å²) < 4.78 is 0. The van der Waals surface area contributed by atoms with Crippen LogP contribution in [-0.2, 0) is 4.79 Å². The molecule has 0 aliphatic carbocycles. The van der Waals surface area contributed by atoms with E-state index < -0.39 is 0 Å². The number of Topliss-reactive ketones (excluding diaryl/α,β-unsaturated/α-hetero) is 1. The molecule has 0 radical (unpaired) electrons. The highest BCUT2D eigenvalue weighted by Crippen LogP contribution is 2.34. The minimum atomic E-state index is -0.0139. The molecule has 22 heavy (non-hydrogen) atoms. The van der Waals surface area contributed by atoms with Gasteiger partial charge in [0.25, 0.3) is 0 Å². The van der Waals surface area contributed by atoms with Crippen molar-refractivity contribution in [1.82, 2.24) is 0 Å². The number of halogens is 1. The summed E-state index contributed by atoms with van der Waals surface area (Å²) in [5.41, 5.74) is 2.14. The average molecular weight is 332 g/mol. The number of anilines is 1. The van der Waals surface area contributed by atoms with Gasteiger partial charge in [0.2, 0.25) is 0 Å². The predicted molar refractivity (Wildman–Crippen MR) is 94.7 cm³/mol. The first-order valence-electron chi connectivity index (χ1n) is 7.41. The van der Waals surface area contributed by atoms with Crippen LogP contribution in [0.5, 0.6) is 0 Å². The highest BCUT2D eigenvalue weighted by Gasteiger charge is 2.31. The largest absolute Gasteiger partial charge is 0.377 e. The van der Waals surface area contributed by atoms with E-state index in [1.165, 1.54) is 0 Å². The van der Waals surface area contributed by atoms with Crippen LogP contribution in [-0.4, -0.2) is 17.3 Å². The molecule has 2 atom stereocenters. The lowest BCUT2D eigenvalue weighted by molar-refractivity contribution is -0.122. The Hall–Kier alpha value is -1.45. The van der Waals surface area contributed by atoms with E-state index in [0.29, 0.717) is 17.2 Å². The Morgan fingerprint density at radius 3 is 2.50 bits per heavy atom. The fourth-order valence-electron chi connectivity index (χ4n) is 2.74. The van der Waals surface area contributed by atoms with Crippen molar-refractivity contribution in [3.05, 3.63) is 65.2 Å². The van der Waals surface area contributed by atoms with Gasteiger partial charge in [0, 0.05) is 28.6 Å². The third kappa shape index (κ3) is 3.65. The van der Waals surface area contributed by atoms with Crippen molar-refractivity contribution in [3.63, 3.8) is 0 Å². The van der Waals surface area contributed by atoms with Crippen LogP contribution in [0.3, 0.4) is 0 Å². The predicted octanol–water partition coefficient (Wildman–Crippen LogP) is 4.82. The van der Waals surface area contributed by atoms with Gasteiger partial charge in [0.1, 0.15) is 5.78 Å². The molecule has 0 saturated carbocycles. The maximum absolute atomic E-state index is 12.4. The molecule has 114 valence electrons. The summed E-state index contributed by atoms with van der Waals surface area (Å²) in [6.07, 6.45) is 0.663. The highest BCUT2D eigenvalue weighted by atomic mass is 35.5. The number of hydrogen-bond donors (Lipinski definition) is 1. The van der Waals surface area contributed by atoms with E-state index in [-0.39, 0.29) is 12.0 Å². The molecule has 2 aromatic rings. The standard InChI is InChI=1S/C18H18ClNOS/c19-14-8-6-13(7-9-14)18(16-12-22-11-10-17(16)21)20-15-4-2-1-3-5-15/h1-9,16,18,20H,10-12H2/t16-,18+/m0/s1. The maximum Gasteiger partial charge on any atom is 0.140 e. The third-order valence-electron chi connectivity index (χ3n) is 3.93. The van der Waals surface area contributed by atoms with Crippen molar-refractivity contribution >= 4 is 34.8 Å². The second kappa shape index (κ2) is 7.21. The Morgan fingerprint density at radius 2 is 1.82 bits per heavy atom. The zero-order valence-electron chi connectivity index (χ0n) is 12.2. The van der Waals surface area contributed by atoms with Crippen LogP contribution < -0.4 is 5.32 Å². The molecule has 0 unspecified atom stereocenters. The van der Waals surface area contributed by atoms with E-state index in [1.54, 1.807) is 0 Å². The second-order valence-corrected chi connectivity index (χ2v) is 7.02. The summed E-state index contributed by atoms with van der Waals surface area (Å²) >= 11 is 7.86. The van der Waals surface area contributed by atoms with Gasteiger partial charge >= 0.3 is 0 Å². The topological polar surface area (TPSA) is 29.1 Å². The van der Waals surface area contributed by atoms with Crippen LogP contribution >= 0.6 is 23.4 Å². The van der Waals surface area contributed by atoms with Crippen LogP contribution in [0.1, 0.15) is 18.0 Å². The highest BCUT2D eigenvalue weighted by molar-refractivity contribution is 7.99. The zero-order valence-corrected chi connectivity index (χ0v) is 13.7. The number of hydrogen-bond acceptors (Lipinski definition) is 3. The zero-order chi connectivity index (χ0) is 15.4. The number of benzene rings is 2. The molecule has 1 aliphatic rings. The molecule has 0 spiro atoms. The van der Waals surface area contributed by atoms with E-state index in [1.807, 2.05) is 66.4 Å². The Morgan fingerprint density at radius 1 is 1.09 bits per heavy atom. The smallest absolute Gasteiger partial charge is 0.140 e. The quantitative estimate of drug-likeness (QED) is 0.871. The minimum Gasteiger partial charge on any atom is -0.377 e. The van der Waals surface area contributed by atoms with Crippen LogP contribution in [0.25, 0.3) is 0 Å². The molecule has 0 bridgehead atoms. The van der Waals surface area contributed by atoms with Crippen LogP contribution in [0, 0.1) is 5.92 Å². The van der Waals surface area contributed by atoms with Crippen molar-refractivity contribution in [1.29, 1.82) is 0 Å². The Balaban J connectivity index is 1.90. The molecule has 0 aromatic heterocycles. The molecule has 1 fully saturated rings. The lowest BCUT2D eigenvalue weighted by Gasteiger charge is -2.30. The van der Waals surface area contributed by atoms with Gasteiger partial charge in [-0.3, -0.25) is 4.79 Å². The van der Waals surface area contributed by atoms with Gasteiger partial charge in [-0.15, -0.1) is 0 Å². The molecule has 3 rings (SSSR count). The number of thioether (sulfide) groups is 1. The minimum absolute atomic E-state index is 0.000122. The van der Waals surface area contributed by atoms with Crippen LogP contribution in [0.15, 0.2) is 54.6 Å². The summed E-state index contributed by atoms with van der Waals surface area (Å²) in [6, 6.07) is 17.8. The number of nitrogens with one attached hydrogen (secondary N) is 1. The lowest BCUT2D eigenvalue weighted by Crippen LogP contribution is -2.32. The number of para-hydroxylation sites is 1. The van der Waals surface area contributed by atoms with Gasteiger partial charge in [0.05, 0.1) is 12.0 Å². The van der Waals surface area contributed by atoms with E-state index >= 15 is 0 Å². The summed E-state index contributed by atoms with van der Waals surface area (Å²) in [5, 5.41) is 4.25. The van der Waals surface area contributed by atoms with Crippen molar-refractivity contribution < 1.29 is 4.79 Å². The first kappa shape index (κ1) is 15.4. The van der Waals surface area contributed by atoms with Gasteiger partial charge in [-0.05, 0) is 29.8 Å². The molecule has 0 amide bonds. The molecule has 4 heteroatoms. The first-order chi connectivity index (χ1) is 10.7. The van der Waals surface area contributed by atoms with Crippen LogP contribution in [0.4, 0.5) is 5.69 Å². The van der Waals surface area contributed by atoms with Crippen molar-refractivity contribution in [2.45, 2.75) is 12.5 Å². The van der Waals surface area contributed by atoms with E-state index in [4.69, 9.17) is 11.6 Å². The van der Waals surface area contributed by atoms with E-state index in [2.05, 4.69) is 5.32 Å². The fraction of sp³-hybridized carbons (Fsp3) is 0.278. The molecule has 1 heterocycles. The average Bonchev–Trinajstić information content (AvgIpc) is 2.55. The molecular formula is C18H18ClNOS. The lowest BCUT2D eigenvalue weighted by atomic mass is 9.89. The van der Waals surface area contributed by atoms with E-state index in [9.17, 15) is 4.79 Å². The van der Waals surface area contributed by atoms with Crippen molar-refractivity contribution in [2.75, 3.05) is 16.8 Å². The van der Waals surface area contributed by atoms with E-state index in [0.717, 1.165) is 22.8 Å². The van der Waals surface area contributed by atoms with Crippen LogP contribution in [0.2, 0.25) is 5.02 Å². The van der Waals surface area contributed by atoms with Gasteiger partial charge in [-0.1, -0.05) is 41.9 Å². The van der Waals surface area contributed by atoms with Gasteiger partial charge in [-0.25, -0.2) is 0 Å². The third-order valence-corrected chi connectivity index (χ3v) is 5.27. The molecule has 1 saturated heterocycles. The second-order valence-electron chi connectivity index (χ2n) is 5.44. The normalized spacial score (nSPS) is 19.7. The first-order valence-corrected chi connectivity index (χ1v) is 8.95. The number of rotatable bonds is 4. The molecule has 1 aliphatic heterocycles. The summed E-state index contributed by atoms with van der Waals surface area (Å²) in [6.45, 7) is 0. The van der Waals surface area contributed by atoms with Crippen molar-refractivity contribution in [3.8, 4) is 0 Å². The maximum atomic E-state index is 12.4. The van der Waals surface area contributed by atoms with Gasteiger partial charge in [-0.2, -0.15) is 11.8 Å². The Bertz CT molecular complexity index is 629. The van der Waals surface area contributed by atoms with Gasteiger partial charge in [0.15, 0.2) is 0 Å².